The average Bonchev–Trinajstić information content (AvgIpc) is 2.64. The molecule has 0 radical (unpaired) electrons. The molecule has 0 spiro atoms. The topological polar surface area (TPSA) is 49.4 Å². The van der Waals surface area contributed by atoms with Gasteiger partial charge in [0.2, 0.25) is 11.8 Å². The highest BCUT2D eigenvalue weighted by Crippen LogP contribution is 2.17. The van der Waals surface area contributed by atoms with Gasteiger partial charge >= 0.3 is 0 Å². The lowest BCUT2D eigenvalue weighted by molar-refractivity contribution is -0.141. The van der Waals surface area contributed by atoms with Gasteiger partial charge in [0, 0.05) is 17.6 Å². The van der Waals surface area contributed by atoms with E-state index in [1.54, 1.807) is 17.0 Å². The van der Waals surface area contributed by atoms with Crippen LogP contribution in [0.2, 0.25) is 5.02 Å². The minimum absolute atomic E-state index is 0.0196. The minimum Gasteiger partial charge on any atom is -0.352 e. The molecule has 2 amide bonds. The molecule has 0 saturated carbocycles. The van der Waals surface area contributed by atoms with E-state index in [9.17, 15) is 9.59 Å². The molecule has 0 aliphatic carbocycles. The van der Waals surface area contributed by atoms with Crippen molar-refractivity contribution in [3.05, 3.63) is 70.2 Å². The molecule has 2 aromatic rings. The summed E-state index contributed by atoms with van der Waals surface area (Å²) >= 11 is 5.98. The normalized spacial score (nSPS) is 11.9. The number of carbonyl (C=O) groups is 2. The Morgan fingerprint density at radius 3 is 2.11 bits per heavy atom. The van der Waals surface area contributed by atoms with Gasteiger partial charge in [0.05, 0.1) is 6.42 Å². The van der Waals surface area contributed by atoms with E-state index >= 15 is 0 Å². The van der Waals surface area contributed by atoms with Crippen LogP contribution in [-0.4, -0.2) is 28.8 Å². The molecule has 2 aromatic carbocycles. The smallest absolute Gasteiger partial charge is 0.243 e. The van der Waals surface area contributed by atoms with Crippen LogP contribution in [0.3, 0.4) is 0 Å². The molecule has 0 aliphatic heterocycles. The predicted molar refractivity (Wildman–Crippen MR) is 114 cm³/mol. The largest absolute Gasteiger partial charge is 0.352 e. The van der Waals surface area contributed by atoms with Crippen molar-refractivity contribution in [1.82, 2.24) is 10.2 Å². The highest BCUT2D eigenvalue weighted by atomic mass is 35.5. The summed E-state index contributed by atoms with van der Waals surface area (Å²) < 4.78 is 0. The first-order valence-electron chi connectivity index (χ1n) is 9.70. The first-order valence-corrected chi connectivity index (χ1v) is 10.1. The Bertz CT molecular complexity index is 785. The Morgan fingerprint density at radius 2 is 1.57 bits per heavy atom. The van der Waals surface area contributed by atoms with E-state index in [-0.39, 0.29) is 24.3 Å². The zero-order chi connectivity index (χ0) is 20.7. The fourth-order valence-electron chi connectivity index (χ4n) is 3.07. The Kier molecular flexibility index (Phi) is 8.06. The minimum atomic E-state index is -0.518. The maximum Gasteiger partial charge on any atom is 0.243 e. The summed E-state index contributed by atoms with van der Waals surface area (Å²) in [6.07, 6.45) is 0.811. The fourth-order valence-corrected chi connectivity index (χ4v) is 3.19. The Labute approximate surface area is 172 Å². The van der Waals surface area contributed by atoms with Gasteiger partial charge in [-0.15, -0.1) is 0 Å². The van der Waals surface area contributed by atoms with Crippen LogP contribution in [0, 0.1) is 6.92 Å². The van der Waals surface area contributed by atoms with Crippen molar-refractivity contribution in [2.45, 2.75) is 59.2 Å². The van der Waals surface area contributed by atoms with E-state index < -0.39 is 6.04 Å². The number of hydrogen-bond acceptors (Lipinski definition) is 2. The van der Waals surface area contributed by atoms with Crippen molar-refractivity contribution >= 4 is 23.4 Å². The molecule has 0 bridgehead atoms. The van der Waals surface area contributed by atoms with Crippen LogP contribution >= 0.6 is 11.6 Å². The van der Waals surface area contributed by atoms with Crippen molar-refractivity contribution in [1.29, 1.82) is 0 Å². The number of benzene rings is 2. The van der Waals surface area contributed by atoms with Gasteiger partial charge in [-0.05, 0) is 50.5 Å². The summed E-state index contributed by atoms with van der Waals surface area (Å²) in [6, 6.07) is 14.8. The van der Waals surface area contributed by atoms with E-state index in [0.717, 1.165) is 16.7 Å². The van der Waals surface area contributed by atoms with E-state index in [4.69, 9.17) is 11.6 Å². The fraction of sp³-hybridized carbons (Fsp3) is 0.391. The van der Waals surface area contributed by atoms with Gasteiger partial charge in [0.1, 0.15) is 6.04 Å². The molecule has 0 aliphatic rings. The van der Waals surface area contributed by atoms with Gasteiger partial charge in [-0.25, -0.2) is 0 Å². The Hall–Kier alpha value is -2.33. The zero-order valence-electron chi connectivity index (χ0n) is 17.0. The molecule has 1 atom stereocenters. The molecule has 2 rings (SSSR count). The molecule has 0 fully saturated rings. The van der Waals surface area contributed by atoms with Crippen LogP contribution < -0.4 is 5.32 Å². The Morgan fingerprint density at radius 1 is 1.00 bits per heavy atom. The molecule has 28 heavy (non-hydrogen) atoms. The number of aryl methyl sites for hydroxylation is 1. The molecule has 4 nitrogen and oxygen atoms in total. The van der Waals surface area contributed by atoms with Crippen molar-refractivity contribution in [2.24, 2.45) is 0 Å². The lowest BCUT2D eigenvalue weighted by Crippen LogP contribution is -2.50. The molecule has 0 heterocycles. The summed E-state index contributed by atoms with van der Waals surface area (Å²) in [5.74, 6) is -0.187. The van der Waals surface area contributed by atoms with Gasteiger partial charge in [-0.2, -0.15) is 0 Å². The van der Waals surface area contributed by atoms with Crippen LogP contribution in [0.1, 0.15) is 43.9 Å². The van der Waals surface area contributed by atoms with Crippen molar-refractivity contribution < 1.29 is 9.59 Å². The third kappa shape index (κ3) is 6.38. The van der Waals surface area contributed by atoms with Gasteiger partial charge in [0.25, 0.3) is 0 Å². The van der Waals surface area contributed by atoms with Crippen LogP contribution in [0.4, 0.5) is 0 Å². The molecule has 0 saturated heterocycles. The van der Waals surface area contributed by atoms with Crippen LogP contribution in [-0.2, 0) is 22.6 Å². The number of nitrogens with zero attached hydrogens (tertiary/aromatic N) is 1. The predicted octanol–water partition coefficient (Wildman–Crippen LogP) is 4.52. The van der Waals surface area contributed by atoms with Crippen molar-refractivity contribution in [2.75, 3.05) is 0 Å². The average molecular weight is 401 g/mol. The Balaban J connectivity index is 2.27. The highest BCUT2D eigenvalue weighted by molar-refractivity contribution is 6.30. The van der Waals surface area contributed by atoms with Gasteiger partial charge in [0.15, 0.2) is 0 Å². The number of hydrogen-bond donors (Lipinski definition) is 1. The summed E-state index contributed by atoms with van der Waals surface area (Å²) in [5, 5.41) is 3.59. The van der Waals surface area contributed by atoms with Crippen molar-refractivity contribution in [3.8, 4) is 0 Å². The zero-order valence-corrected chi connectivity index (χ0v) is 17.8. The summed E-state index contributed by atoms with van der Waals surface area (Å²) in [6.45, 7) is 8.15. The number of halogens is 1. The molecular weight excluding hydrogens is 372 g/mol. The molecule has 1 N–H and O–H groups in total. The number of nitrogens with one attached hydrogen (secondary N) is 1. The molecule has 5 heteroatoms. The molecule has 0 unspecified atom stereocenters. The van der Waals surface area contributed by atoms with E-state index in [1.807, 2.05) is 64.1 Å². The van der Waals surface area contributed by atoms with Crippen LogP contribution in [0.15, 0.2) is 48.5 Å². The third-order valence-corrected chi connectivity index (χ3v) is 4.81. The monoisotopic (exact) mass is 400 g/mol. The van der Waals surface area contributed by atoms with Gasteiger partial charge < -0.3 is 10.2 Å². The summed E-state index contributed by atoms with van der Waals surface area (Å²) in [4.78, 5) is 27.6. The first-order chi connectivity index (χ1) is 13.3. The second-order valence-electron chi connectivity index (χ2n) is 7.40. The van der Waals surface area contributed by atoms with E-state index in [2.05, 4.69) is 5.32 Å². The SMILES string of the molecule is CC[C@H](C(=O)NC(C)C)N(Cc1ccc(Cl)cc1)C(=O)Cc1ccc(C)cc1. The first kappa shape index (κ1) is 22.0. The van der Waals surface area contributed by atoms with E-state index in [0.29, 0.717) is 18.0 Å². The standard InChI is InChI=1S/C23H29ClN2O2/c1-5-21(23(28)25-16(2)3)26(15-19-10-12-20(24)13-11-19)22(27)14-18-8-6-17(4)7-9-18/h6-13,16,21H,5,14-15H2,1-4H3,(H,25,28)/t21-/m1/s1. The summed E-state index contributed by atoms with van der Waals surface area (Å²) in [7, 11) is 0. The lowest BCUT2D eigenvalue weighted by atomic mass is 10.1. The van der Waals surface area contributed by atoms with Gasteiger partial charge in [-0.3, -0.25) is 9.59 Å². The number of amides is 2. The van der Waals surface area contributed by atoms with E-state index in [1.165, 1.54) is 0 Å². The van der Waals surface area contributed by atoms with Crippen molar-refractivity contribution in [3.63, 3.8) is 0 Å². The maximum atomic E-state index is 13.2. The highest BCUT2D eigenvalue weighted by Gasteiger charge is 2.28. The maximum absolute atomic E-state index is 13.2. The molecular formula is C23H29ClN2O2. The quantitative estimate of drug-likeness (QED) is 0.708. The van der Waals surface area contributed by atoms with Gasteiger partial charge in [-0.1, -0.05) is 60.5 Å². The van der Waals surface area contributed by atoms with Crippen LogP contribution in [0.5, 0.6) is 0 Å². The molecule has 150 valence electrons. The third-order valence-electron chi connectivity index (χ3n) is 4.56. The number of rotatable bonds is 8. The summed E-state index contributed by atoms with van der Waals surface area (Å²) in [5.41, 5.74) is 3.03. The molecule has 0 aromatic heterocycles. The second kappa shape index (κ2) is 10.3. The second-order valence-corrected chi connectivity index (χ2v) is 7.83. The lowest BCUT2D eigenvalue weighted by Gasteiger charge is -2.31. The van der Waals surface area contributed by atoms with Crippen LogP contribution in [0.25, 0.3) is 0 Å². The number of carbonyl (C=O) groups excluding carboxylic acids is 2.